The van der Waals surface area contributed by atoms with Crippen molar-refractivity contribution in [2.45, 2.75) is 142 Å². The third kappa shape index (κ3) is 5.50. The second-order valence-electron chi connectivity index (χ2n) is 12.7. The van der Waals surface area contributed by atoms with Gasteiger partial charge in [-0.15, -0.1) is 11.1 Å². The fourth-order valence-corrected chi connectivity index (χ4v) is 17.2. The molecule has 2 aliphatic rings. The Balaban J connectivity index is 2.67. The van der Waals surface area contributed by atoms with Crippen molar-refractivity contribution in [3.8, 4) is 22.9 Å². The topological polar surface area (TPSA) is 0 Å². The van der Waals surface area contributed by atoms with E-state index in [1.54, 1.807) is 0 Å². The van der Waals surface area contributed by atoms with Crippen molar-refractivity contribution in [2.24, 2.45) is 11.8 Å². The van der Waals surface area contributed by atoms with E-state index in [4.69, 9.17) is 0 Å². The van der Waals surface area contributed by atoms with Gasteiger partial charge in [-0.05, 0) is 70.8 Å². The van der Waals surface area contributed by atoms with Crippen molar-refractivity contribution in [2.75, 3.05) is 0 Å². The van der Waals surface area contributed by atoms with Gasteiger partial charge >= 0.3 is 0 Å². The van der Waals surface area contributed by atoms with Gasteiger partial charge in [-0.3, -0.25) is 0 Å². The monoisotopic (exact) mass is 468 g/mol. The van der Waals surface area contributed by atoms with Gasteiger partial charge in [0.05, 0.1) is 0 Å². The number of rotatable bonds is 8. The van der Waals surface area contributed by atoms with E-state index in [0.717, 1.165) is 0 Å². The highest BCUT2D eigenvalue weighted by molar-refractivity contribution is 6.91. The first-order valence-corrected chi connectivity index (χ1v) is 18.1. The highest BCUT2D eigenvalue weighted by Gasteiger charge is 2.43. The van der Waals surface area contributed by atoms with Crippen molar-refractivity contribution in [3.05, 3.63) is 11.1 Å². The molecule has 0 bridgehead atoms. The minimum absolute atomic E-state index is 0.689. The SMILES string of the molecule is CC(C)[Si](C#C/C(=C(\C#C[Si](C(C)C)(C(C)C)C(C)C)C1CC1)C1CC1)(C(C)C)C(C)C. The summed E-state index contributed by atoms with van der Waals surface area (Å²) >= 11 is 0. The Morgan fingerprint density at radius 3 is 0.844 bits per heavy atom. The standard InChI is InChI=1S/C30H52Si2/c1-21(2)31(22(3)4,23(5)6)19-17-29(27-13-14-27)30(28-15-16-28)18-20-32(24(7)8,25(9)10)26(11)12/h21-28H,13-16H2,1-12H3/b30-29-. The largest absolute Gasteiger partial charge is 0.146 e. The molecule has 0 aromatic rings. The van der Waals surface area contributed by atoms with Crippen molar-refractivity contribution < 1.29 is 0 Å². The van der Waals surface area contributed by atoms with Crippen molar-refractivity contribution in [3.63, 3.8) is 0 Å². The van der Waals surface area contributed by atoms with Crippen LogP contribution in [0.3, 0.4) is 0 Å². The molecule has 0 heterocycles. The summed E-state index contributed by atoms with van der Waals surface area (Å²) < 4.78 is 0. The Hall–Kier alpha value is -0.706. The predicted octanol–water partition coefficient (Wildman–Crippen LogP) is 9.55. The van der Waals surface area contributed by atoms with Crippen LogP contribution in [0.15, 0.2) is 11.1 Å². The van der Waals surface area contributed by atoms with Crippen LogP contribution < -0.4 is 0 Å². The van der Waals surface area contributed by atoms with Crippen LogP contribution in [0, 0.1) is 34.8 Å². The molecule has 0 saturated heterocycles. The molecule has 2 aliphatic carbocycles. The van der Waals surface area contributed by atoms with Gasteiger partial charge in [0.25, 0.3) is 0 Å². The summed E-state index contributed by atoms with van der Waals surface area (Å²) in [4.78, 5) is 0. The average Bonchev–Trinajstić information content (AvgIpc) is 3.54. The molecule has 0 nitrogen and oxygen atoms in total. The molecule has 0 aromatic heterocycles. The molecule has 0 atom stereocenters. The zero-order chi connectivity index (χ0) is 24.4. The van der Waals surface area contributed by atoms with Crippen LogP contribution in [0.2, 0.25) is 33.2 Å². The second kappa shape index (κ2) is 10.7. The van der Waals surface area contributed by atoms with Gasteiger partial charge in [-0.1, -0.05) is 94.9 Å². The quantitative estimate of drug-likeness (QED) is 0.246. The highest BCUT2D eigenvalue weighted by atomic mass is 28.3. The van der Waals surface area contributed by atoms with E-state index in [-0.39, 0.29) is 0 Å². The molecule has 2 saturated carbocycles. The van der Waals surface area contributed by atoms with Gasteiger partial charge in [0.2, 0.25) is 0 Å². The van der Waals surface area contributed by atoms with Gasteiger partial charge in [0.1, 0.15) is 16.1 Å². The molecule has 180 valence electrons. The van der Waals surface area contributed by atoms with E-state index in [9.17, 15) is 0 Å². The average molecular weight is 469 g/mol. The lowest BCUT2D eigenvalue weighted by molar-refractivity contribution is 0.837. The minimum Gasteiger partial charge on any atom is -0.125 e. The van der Waals surface area contributed by atoms with Crippen molar-refractivity contribution in [1.82, 2.24) is 0 Å². The lowest BCUT2D eigenvalue weighted by Crippen LogP contribution is -2.43. The Morgan fingerprint density at radius 2 is 0.688 bits per heavy atom. The third-order valence-corrected chi connectivity index (χ3v) is 21.4. The normalized spacial score (nSPS) is 18.3. The number of hydrogen-bond donors (Lipinski definition) is 0. The van der Waals surface area contributed by atoms with E-state index >= 15 is 0 Å². The van der Waals surface area contributed by atoms with Crippen LogP contribution in [0.1, 0.15) is 109 Å². The van der Waals surface area contributed by atoms with Crippen LogP contribution in [0.5, 0.6) is 0 Å². The molecular formula is C30H52Si2. The minimum atomic E-state index is -1.72. The molecule has 2 rings (SSSR count). The maximum absolute atomic E-state index is 4.06. The van der Waals surface area contributed by atoms with Crippen LogP contribution in [0.25, 0.3) is 0 Å². The smallest absolute Gasteiger partial charge is 0.125 e. The van der Waals surface area contributed by atoms with Gasteiger partial charge in [0.15, 0.2) is 0 Å². The van der Waals surface area contributed by atoms with Crippen LogP contribution in [0.4, 0.5) is 0 Å². The zero-order valence-electron chi connectivity index (χ0n) is 23.4. The molecular weight excluding hydrogens is 417 g/mol. The number of hydrogen-bond acceptors (Lipinski definition) is 0. The van der Waals surface area contributed by atoms with Gasteiger partial charge in [-0.25, -0.2) is 0 Å². The first kappa shape index (κ1) is 27.5. The molecule has 0 aromatic carbocycles. The van der Waals surface area contributed by atoms with Crippen LogP contribution in [-0.4, -0.2) is 16.1 Å². The summed E-state index contributed by atoms with van der Waals surface area (Å²) in [6.45, 7) is 29.1. The Bertz CT molecular complexity index is 682. The maximum atomic E-state index is 4.06. The van der Waals surface area contributed by atoms with Crippen molar-refractivity contribution in [1.29, 1.82) is 0 Å². The summed E-state index contributed by atoms with van der Waals surface area (Å²) in [5.41, 5.74) is 15.2. The highest BCUT2D eigenvalue weighted by Crippen LogP contribution is 2.47. The van der Waals surface area contributed by atoms with E-state index in [2.05, 4.69) is 106 Å². The number of allylic oxidation sites excluding steroid dienone is 2. The summed E-state index contributed by atoms with van der Waals surface area (Å²) in [7, 11) is -3.43. The molecule has 2 fully saturated rings. The van der Waals surface area contributed by atoms with E-state index in [1.165, 1.54) is 36.8 Å². The van der Waals surface area contributed by atoms with Crippen LogP contribution in [-0.2, 0) is 0 Å². The van der Waals surface area contributed by atoms with Crippen molar-refractivity contribution >= 4 is 16.1 Å². The summed E-state index contributed by atoms with van der Waals surface area (Å²) in [5, 5.41) is 0. The molecule has 0 aliphatic heterocycles. The Kier molecular flexibility index (Phi) is 9.21. The van der Waals surface area contributed by atoms with Gasteiger partial charge in [0, 0.05) is 11.1 Å². The first-order chi connectivity index (χ1) is 14.8. The molecule has 0 amide bonds. The van der Waals surface area contributed by atoms with E-state index < -0.39 is 16.1 Å². The summed E-state index contributed by atoms with van der Waals surface area (Å²) in [6, 6.07) is 0. The molecule has 0 N–H and O–H groups in total. The van der Waals surface area contributed by atoms with Crippen LogP contribution >= 0.6 is 0 Å². The molecule has 2 heteroatoms. The van der Waals surface area contributed by atoms with E-state index in [1.807, 2.05) is 0 Å². The third-order valence-electron chi connectivity index (χ3n) is 8.82. The lowest BCUT2D eigenvalue weighted by Gasteiger charge is -2.38. The molecule has 0 radical (unpaired) electrons. The fourth-order valence-electron chi connectivity index (χ4n) is 6.74. The maximum Gasteiger partial charge on any atom is 0.146 e. The zero-order valence-corrected chi connectivity index (χ0v) is 25.4. The Labute approximate surface area is 203 Å². The lowest BCUT2D eigenvalue weighted by atomic mass is 10.0. The van der Waals surface area contributed by atoms with Gasteiger partial charge < -0.3 is 0 Å². The fraction of sp³-hybridized carbons (Fsp3) is 0.800. The molecule has 0 spiro atoms. The van der Waals surface area contributed by atoms with E-state index in [0.29, 0.717) is 45.1 Å². The summed E-state index contributed by atoms with van der Waals surface area (Å²) in [5.74, 6) is 9.22. The van der Waals surface area contributed by atoms with Gasteiger partial charge in [-0.2, -0.15) is 0 Å². The Morgan fingerprint density at radius 1 is 0.469 bits per heavy atom. The first-order valence-electron chi connectivity index (χ1n) is 13.6. The molecule has 0 unspecified atom stereocenters. The molecule has 32 heavy (non-hydrogen) atoms. The predicted molar refractivity (Wildman–Crippen MR) is 150 cm³/mol. The summed E-state index contributed by atoms with van der Waals surface area (Å²) in [6.07, 6.45) is 5.29. The second-order valence-corrected chi connectivity index (χ2v) is 23.8.